The molecule has 39 heavy (non-hydrogen) atoms. The second-order valence-corrected chi connectivity index (χ2v) is 14.1. The molecular weight excluding hydrogens is 514 g/mol. The van der Waals surface area contributed by atoms with Gasteiger partial charge in [0.15, 0.2) is 0 Å². The van der Waals surface area contributed by atoms with Gasteiger partial charge >= 0.3 is 5.97 Å². The number of alkyl halides is 3. The van der Waals surface area contributed by atoms with E-state index in [1.807, 2.05) is 0 Å². The van der Waals surface area contributed by atoms with Crippen LogP contribution < -0.4 is 4.74 Å². The Labute approximate surface area is 226 Å². The number of rotatable bonds is 6. The second-order valence-electron chi connectivity index (χ2n) is 14.1. The minimum atomic E-state index is -1.89. The maximum atomic E-state index is 15.5. The summed E-state index contributed by atoms with van der Waals surface area (Å²) in [4.78, 5) is 27.6. The van der Waals surface area contributed by atoms with Crippen LogP contribution in [-0.4, -0.2) is 58.6 Å². The standard InChI is InChI=1S/C30H37F4NO4/c1-26(2,3)39-25(37)22-5-4-8-35(22)24(36)20-9-19(18-6-7-18)23(10-21(20)31)38-17-27-11-28(32)14-29(33,12-27)16-30(34,13-27)15-28/h9-10,18,22H,4-8,11-17H2,1-3H3/t22-,27?,28?,29?,30?/m0/s1. The van der Waals surface area contributed by atoms with E-state index in [-0.39, 0.29) is 62.4 Å². The van der Waals surface area contributed by atoms with Crippen LogP contribution >= 0.6 is 0 Å². The fourth-order valence-corrected chi connectivity index (χ4v) is 8.21. The fraction of sp³-hybridized carbons (Fsp3) is 0.733. The lowest BCUT2D eigenvalue weighted by molar-refractivity contribution is -0.223. The highest BCUT2D eigenvalue weighted by molar-refractivity contribution is 5.98. The third kappa shape index (κ3) is 5.03. The smallest absolute Gasteiger partial charge is 0.329 e. The number of benzene rings is 1. The third-order valence-corrected chi connectivity index (χ3v) is 9.05. The number of hydrogen-bond donors (Lipinski definition) is 0. The highest BCUT2D eigenvalue weighted by Gasteiger charge is 2.70. The molecule has 1 aliphatic heterocycles. The molecule has 5 nitrogen and oxygen atoms in total. The largest absolute Gasteiger partial charge is 0.493 e. The Bertz CT molecular complexity index is 1150. The topological polar surface area (TPSA) is 55.8 Å². The van der Waals surface area contributed by atoms with Gasteiger partial charge in [0.1, 0.15) is 40.2 Å². The first kappa shape index (κ1) is 26.9. The van der Waals surface area contributed by atoms with Gasteiger partial charge < -0.3 is 14.4 Å². The predicted octanol–water partition coefficient (Wildman–Crippen LogP) is 6.52. The Morgan fingerprint density at radius 3 is 2.08 bits per heavy atom. The van der Waals surface area contributed by atoms with Gasteiger partial charge in [0.2, 0.25) is 0 Å². The maximum absolute atomic E-state index is 15.5. The van der Waals surface area contributed by atoms with E-state index in [2.05, 4.69) is 0 Å². The van der Waals surface area contributed by atoms with E-state index in [4.69, 9.17) is 9.47 Å². The summed E-state index contributed by atoms with van der Waals surface area (Å²) in [6.07, 6.45) is 2.05. The summed E-state index contributed by atoms with van der Waals surface area (Å²) in [6.45, 7) is 5.48. The van der Waals surface area contributed by atoms with E-state index in [1.54, 1.807) is 20.8 Å². The number of hydrogen-bond acceptors (Lipinski definition) is 4. The summed E-state index contributed by atoms with van der Waals surface area (Å²) in [5.41, 5.74) is -6.83. The molecule has 1 aromatic carbocycles. The molecular formula is C30H37F4NO4. The number of nitrogens with zero attached hydrogens (tertiary/aromatic N) is 1. The summed E-state index contributed by atoms with van der Waals surface area (Å²) in [5.74, 6) is -1.55. The first-order valence-electron chi connectivity index (χ1n) is 14.2. The van der Waals surface area contributed by atoms with Crippen molar-refractivity contribution in [2.45, 2.75) is 120 Å². The summed E-state index contributed by atoms with van der Waals surface area (Å²) in [5, 5.41) is 0. The molecule has 4 bridgehead atoms. The van der Waals surface area contributed by atoms with Gasteiger partial charge in [-0.2, -0.15) is 0 Å². The predicted molar refractivity (Wildman–Crippen MR) is 135 cm³/mol. The van der Waals surface area contributed by atoms with Crippen LogP contribution in [0.3, 0.4) is 0 Å². The van der Waals surface area contributed by atoms with Crippen molar-refractivity contribution in [3.63, 3.8) is 0 Å². The van der Waals surface area contributed by atoms with Crippen molar-refractivity contribution in [3.05, 3.63) is 29.1 Å². The number of likely N-dealkylation sites (tertiary alicyclic amines) is 1. The molecule has 0 N–H and O–H groups in total. The number of halogens is 4. The first-order chi connectivity index (χ1) is 18.1. The van der Waals surface area contributed by atoms with E-state index >= 15 is 17.6 Å². The molecule has 214 valence electrons. The van der Waals surface area contributed by atoms with Crippen molar-refractivity contribution >= 4 is 11.9 Å². The third-order valence-electron chi connectivity index (χ3n) is 9.05. The molecule has 6 fully saturated rings. The van der Waals surface area contributed by atoms with E-state index in [0.29, 0.717) is 24.9 Å². The fourth-order valence-electron chi connectivity index (χ4n) is 8.21. The number of carbonyl (C=O) groups excluding carboxylic acids is 2. The minimum Gasteiger partial charge on any atom is -0.493 e. The van der Waals surface area contributed by atoms with Gasteiger partial charge in [-0.05, 0) is 83.3 Å². The van der Waals surface area contributed by atoms with E-state index in [9.17, 15) is 9.59 Å². The van der Waals surface area contributed by atoms with Crippen LogP contribution in [0, 0.1) is 11.2 Å². The average molecular weight is 552 g/mol. The van der Waals surface area contributed by atoms with Crippen LogP contribution in [0.25, 0.3) is 0 Å². The highest BCUT2D eigenvalue weighted by Crippen LogP contribution is 2.68. The molecule has 0 spiro atoms. The van der Waals surface area contributed by atoms with Crippen LogP contribution in [0.5, 0.6) is 5.75 Å². The molecule has 1 amide bonds. The van der Waals surface area contributed by atoms with Crippen molar-refractivity contribution in [3.8, 4) is 5.75 Å². The van der Waals surface area contributed by atoms with E-state index < -0.39 is 51.8 Å². The minimum absolute atomic E-state index is 0.0379. The lowest BCUT2D eigenvalue weighted by Crippen LogP contribution is -2.66. The Morgan fingerprint density at radius 1 is 0.949 bits per heavy atom. The lowest BCUT2D eigenvalue weighted by Gasteiger charge is -2.62. The first-order valence-corrected chi connectivity index (χ1v) is 14.2. The Hall–Kier alpha value is -2.32. The van der Waals surface area contributed by atoms with Gasteiger partial charge in [-0.15, -0.1) is 0 Å². The monoisotopic (exact) mass is 551 g/mol. The molecule has 9 heteroatoms. The number of ether oxygens (including phenoxy) is 2. The van der Waals surface area contributed by atoms with Gasteiger partial charge in [-0.25, -0.2) is 22.4 Å². The van der Waals surface area contributed by atoms with Crippen LogP contribution in [0.15, 0.2) is 12.1 Å². The molecule has 5 aliphatic carbocycles. The summed E-state index contributed by atoms with van der Waals surface area (Å²) < 4.78 is 73.3. The van der Waals surface area contributed by atoms with Crippen LogP contribution in [-0.2, 0) is 9.53 Å². The van der Waals surface area contributed by atoms with E-state index in [1.165, 1.54) is 17.0 Å². The van der Waals surface area contributed by atoms with Gasteiger partial charge in [0, 0.05) is 37.3 Å². The zero-order valence-corrected chi connectivity index (χ0v) is 22.9. The molecule has 1 heterocycles. The van der Waals surface area contributed by atoms with Crippen LogP contribution in [0.4, 0.5) is 17.6 Å². The molecule has 5 saturated carbocycles. The quantitative estimate of drug-likeness (QED) is 0.298. The summed E-state index contributed by atoms with van der Waals surface area (Å²) in [6, 6.07) is 1.89. The normalized spacial score (nSPS) is 37.3. The van der Waals surface area contributed by atoms with Gasteiger partial charge in [0.25, 0.3) is 5.91 Å². The van der Waals surface area contributed by atoms with Crippen LogP contribution in [0.1, 0.15) is 107 Å². The van der Waals surface area contributed by atoms with Crippen molar-refractivity contribution in [2.75, 3.05) is 13.2 Å². The SMILES string of the molecule is CC(C)(C)OC(=O)[C@@H]1CCCN1C(=O)c1cc(C2CC2)c(OCC23CC4(F)CC(F)(CC(F)(C4)C2)C3)cc1F. The summed E-state index contributed by atoms with van der Waals surface area (Å²) in [7, 11) is 0. The molecule has 0 aromatic heterocycles. The second kappa shape index (κ2) is 8.59. The van der Waals surface area contributed by atoms with Crippen molar-refractivity contribution in [1.29, 1.82) is 0 Å². The molecule has 6 aliphatic rings. The van der Waals surface area contributed by atoms with Crippen molar-refractivity contribution in [2.24, 2.45) is 5.41 Å². The molecule has 1 aromatic rings. The summed E-state index contributed by atoms with van der Waals surface area (Å²) >= 11 is 0. The highest BCUT2D eigenvalue weighted by atomic mass is 19.2. The molecule has 0 radical (unpaired) electrons. The Balaban J connectivity index is 1.23. The molecule has 1 atom stereocenters. The van der Waals surface area contributed by atoms with Crippen molar-refractivity contribution in [1.82, 2.24) is 4.90 Å². The Kier molecular flexibility index (Phi) is 5.92. The molecule has 7 rings (SSSR count). The maximum Gasteiger partial charge on any atom is 0.329 e. The molecule has 1 saturated heterocycles. The Morgan fingerprint density at radius 2 is 1.54 bits per heavy atom. The number of carbonyl (C=O) groups is 2. The van der Waals surface area contributed by atoms with Gasteiger partial charge in [0.05, 0.1) is 12.2 Å². The van der Waals surface area contributed by atoms with E-state index in [0.717, 1.165) is 12.8 Å². The zero-order valence-electron chi connectivity index (χ0n) is 22.9. The average Bonchev–Trinajstić information content (AvgIpc) is 3.48. The van der Waals surface area contributed by atoms with Gasteiger partial charge in [-0.3, -0.25) is 4.79 Å². The number of esters is 1. The van der Waals surface area contributed by atoms with Crippen LogP contribution in [0.2, 0.25) is 0 Å². The lowest BCUT2D eigenvalue weighted by atomic mass is 9.46. The number of amides is 1. The van der Waals surface area contributed by atoms with Crippen molar-refractivity contribution < 1.29 is 36.6 Å². The molecule has 0 unspecified atom stereocenters. The van der Waals surface area contributed by atoms with Gasteiger partial charge in [-0.1, -0.05) is 0 Å². The zero-order chi connectivity index (χ0) is 28.0.